The summed E-state index contributed by atoms with van der Waals surface area (Å²) < 4.78 is 4.97. The van der Waals surface area contributed by atoms with E-state index in [2.05, 4.69) is 4.98 Å². The second-order valence-electron chi connectivity index (χ2n) is 3.65. The van der Waals surface area contributed by atoms with Crippen LogP contribution in [-0.4, -0.2) is 42.6 Å². The van der Waals surface area contributed by atoms with Gasteiger partial charge in [0.1, 0.15) is 5.69 Å². The Balaban J connectivity index is 2.81. The van der Waals surface area contributed by atoms with Crippen molar-refractivity contribution in [3.8, 4) is 0 Å². The number of amides is 1. The average Bonchev–Trinajstić information content (AvgIpc) is 2.27. The van der Waals surface area contributed by atoms with E-state index in [1.165, 1.54) is 11.0 Å². The van der Waals surface area contributed by atoms with Crippen LogP contribution in [0.4, 0.5) is 0 Å². The topological polar surface area (TPSA) is 62.4 Å². The van der Waals surface area contributed by atoms with Crippen molar-refractivity contribution in [3.05, 3.63) is 34.2 Å². The largest absolute Gasteiger partial charge is 0.383 e. The SMILES string of the molecule is COCC(C)N(C)C(=O)c1cccc(=O)[nH]1. The Hall–Kier alpha value is -1.62. The molecule has 0 aliphatic heterocycles. The zero-order valence-corrected chi connectivity index (χ0v) is 9.69. The fraction of sp³-hybridized carbons (Fsp3) is 0.455. The Morgan fingerprint density at radius 1 is 1.56 bits per heavy atom. The molecule has 1 amide bonds. The van der Waals surface area contributed by atoms with Crippen molar-refractivity contribution in [2.45, 2.75) is 13.0 Å². The van der Waals surface area contributed by atoms with Gasteiger partial charge in [-0.05, 0) is 13.0 Å². The molecule has 5 heteroatoms. The zero-order valence-electron chi connectivity index (χ0n) is 9.69. The Bertz CT molecular complexity index is 414. The number of ether oxygens (including phenoxy) is 1. The summed E-state index contributed by atoms with van der Waals surface area (Å²) in [4.78, 5) is 27.0. The third-order valence-electron chi connectivity index (χ3n) is 2.39. The molecule has 0 fully saturated rings. The molecule has 0 aromatic carbocycles. The summed E-state index contributed by atoms with van der Waals surface area (Å²) >= 11 is 0. The first-order valence-electron chi connectivity index (χ1n) is 5.01. The van der Waals surface area contributed by atoms with Crippen molar-refractivity contribution in [3.63, 3.8) is 0 Å². The van der Waals surface area contributed by atoms with Gasteiger partial charge in [-0.3, -0.25) is 9.59 Å². The minimum Gasteiger partial charge on any atom is -0.383 e. The summed E-state index contributed by atoms with van der Waals surface area (Å²) in [7, 11) is 3.26. The van der Waals surface area contributed by atoms with Crippen LogP contribution in [0.3, 0.4) is 0 Å². The van der Waals surface area contributed by atoms with E-state index in [0.29, 0.717) is 6.61 Å². The molecule has 1 rings (SSSR count). The van der Waals surface area contributed by atoms with Crippen molar-refractivity contribution in [1.29, 1.82) is 0 Å². The van der Waals surface area contributed by atoms with E-state index in [0.717, 1.165) is 0 Å². The predicted octanol–water partition coefficient (Wildman–Crippen LogP) is 0.482. The highest BCUT2D eigenvalue weighted by atomic mass is 16.5. The third kappa shape index (κ3) is 2.93. The lowest BCUT2D eigenvalue weighted by atomic mass is 10.2. The van der Waals surface area contributed by atoms with Crippen LogP contribution in [0, 0.1) is 0 Å². The molecule has 1 aromatic heterocycles. The Morgan fingerprint density at radius 2 is 2.25 bits per heavy atom. The number of aromatic amines is 1. The van der Waals surface area contributed by atoms with Crippen molar-refractivity contribution in [1.82, 2.24) is 9.88 Å². The summed E-state index contributed by atoms with van der Waals surface area (Å²) in [6.07, 6.45) is 0. The number of nitrogens with zero attached hydrogens (tertiary/aromatic N) is 1. The maximum atomic E-state index is 11.9. The number of rotatable bonds is 4. The van der Waals surface area contributed by atoms with E-state index in [1.54, 1.807) is 26.3 Å². The third-order valence-corrected chi connectivity index (χ3v) is 2.39. The number of pyridine rings is 1. The summed E-state index contributed by atoms with van der Waals surface area (Å²) in [5.41, 5.74) is 0.0107. The zero-order chi connectivity index (χ0) is 12.1. The molecule has 0 aliphatic carbocycles. The highest BCUT2D eigenvalue weighted by molar-refractivity contribution is 5.92. The number of nitrogens with one attached hydrogen (secondary N) is 1. The molecule has 0 saturated heterocycles. The minimum absolute atomic E-state index is 0.0405. The van der Waals surface area contributed by atoms with Crippen molar-refractivity contribution < 1.29 is 9.53 Å². The molecule has 0 spiro atoms. The monoisotopic (exact) mass is 224 g/mol. The normalized spacial score (nSPS) is 12.2. The van der Waals surface area contributed by atoms with Crippen LogP contribution in [0.15, 0.2) is 23.0 Å². The van der Waals surface area contributed by atoms with Gasteiger partial charge in [0.2, 0.25) is 5.56 Å². The van der Waals surface area contributed by atoms with Crippen LogP contribution in [-0.2, 0) is 4.74 Å². The van der Waals surface area contributed by atoms with Crippen LogP contribution in [0.1, 0.15) is 17.4 Å². The van der Waals surface area contributed by atoms with Crippen molar-refractivity contribution >= 4 is 5.91 Å². The molecule has 1 heterocycles. The molecule has 1 unspecified atom stereocenters. The van der Waals surface area contributed by atoms with Gasteiger partial charge in [-0.25, -0.2) is 0 Å². The van der Waals surface area contributed by atoms with Gasteiger partial charge in [0.15, 0.2) is 0 Å². The molecular weight excluding hydrogens is 208 g/mol. The number of hydrogen-bond donors (Lipinski definition) is 1. The molecule has 1 N–H and O–H groups in total. The standard InChI is InChI=1S/C11H16N2O3/c1-8(7-16-3)13(2)11(15)9-5-4-6-10(14)12-9/h4-6,8H,7H2,1-3H3,(H,12,14). The van der Waals surface area contributed by atoms with Gasteiger partial charge in [0.05, 0.1) is 12.6 Å². The van der Waals surface area contributed by atoms with E-state index >= 15 is 0 Å². The number of aromatic nitrogens is 1. The number of H-pyrrole nitrogens is 1. The second-order valence-corrected chi connectivity index (χ2v) is 3.65. The van der Waals surface area contributed by atoms with E-state index in [1.807, 2.05) is 6.92 Å². The van der Waals surface area contributed by atoms with Crippen LogP contribution in [0.5, 0.6) is 0 Å². The van der Waals surface area contributed by atoms with Gasteiger partial charge in [-0.15, -0.1) is 0 Å². The maximum absolute atomic E-state index is 11.9. The fourth-order valence-corrected chi connectivity index (χ4v) is 1.32. The van der Waals surface area contributed by atoms with E-state index in [4.69, 9.17) is 4.74 Å². The quantitative estimate of drug-likeness (QED) is 0.809. The molecule has 0 bridgehead atoms. The van der Waals surface area contributed by atoms with Crippen molar-refractivity contribution in [2.24, 2.45) is 0 Å². The van der Waals surface area contributed by atoms with Gasteiger partial charge < -0.3 is 14.6 Å². The first-order chi connectivity index (χ1) is 7.56. The van der Waals surface area contributed by atoms with Crippen LogP contribution < -0.4 is 5.56 Å². The van der Waals surface area contributed by atoms with Gasteiger partial charge >= 0.3 is 0 Å². The lowest BCUT2D eigenvalue weighted by molar-refractivity contribution is 0.0628. The first kappa shape index (κ1) is 12.4. The molecule has 5 nitrogen and oxygen atoms in total. The molecule has 0 saturated carbocycles. The lowest BCUT2D eigenvalue weighted by Gasteiger charge is -2.23. The van der Waals surface area contributed by atoms with E-state index in [-0.39, 0.29) is 23.2 Å². The van der Waals surface area contributed by atoms with E-state index in [9.17, 15) is 9.59 Å². The Labute approximate surface area is 94.0 Å². The van der Waals surface area contributed by atoms with Crippen LogP contribution >= 0.6 is 0 Å². The average molecular weight is 224 g/mol. The van der Waals surface area contributed by atoms with Gasteiger partial charge in [-0.1, -0.05) is 6.07 Å². The number of hydrogen-bond acceptors (Lipinski definition) is 3. The summed E-state index contributed by atoms with van der Waals surface area (Å²) in [5, 5.41) is 0. The van der Waals surface area contributed by atoms with Gasteiger partial charge in [0, 0.05) is 20.2 Å². The molecule has 0 radical (unpaired) electrons. The highest BCUT2D eigenvalue weighted by Crippen LogP contribution is 2.02. The van der Waals surface area contributed by atoms with Gasteiger partial charge in [0.25, 0.3) is 5.91 Å². The number of methoxy groups -OCH3 is 1. The molecule has 1 atom stereocenters. The number of carbonyl (C=O) groups excluding carboxylic acids is 1. The smallest absolute Gasteiger partial charge is 0.270 e. The van der Waals surface area contributed by atoms with E-state index < -0.39 is 0 Å². The van der Waals surface area contributed by atoms with Crippen LogP contribution in [0.2, 0.25) is 0 Å². The molecule has 0 aliphatic rings. The highest BCUT2D eigenvalue weighted by Gasteiger charge is 2.17. The lowest BCUT2D eigenvalue weighted by Crippen LogP contribution is -2.38. The number of likely N-dealkylation sites (N-methyl/N-ethyl adjacent to an activating group) is 1. The summed E-state index contributed by atoms with van der Waals surface area (Å²) in [6, 6.07) is 4.47. The fourth-order valence-electron chi connectivity index (χ4n) is 1.32. The molecule has 88 valence electrons. The van der Waals surface area contributed by atoms with Gasteiger partial charge in [-0.2, -0.15) is 0 Å². The van der Waals surface area contributed by atoms with Crippen LogP contribution in [0.25, 0.3) is 0 Å². The predicted molar refractivity (Wildman–Crippen MR) is 60.5 cm³/mol. The maximum Gasteiger partial charge on any atom is 0.270 e. The minimum atomic E-state index is -0.279. The molecule has 16 heavy (non-hydrogen) atoms. The molecule has 1 aromatic rings. The second kappa shape index (κ2) is 5.46. The summed E-state index contributed by atoms with van der Waals surface area (Å²) in [6.45, 7) is 2.34. The first-order valence-corrected chi connectivity index (χ1v) is 5.01. The summed E-state index contributed by atoms with van der Waals surface area (Å²) in [5.74, 6) is -0.220. The Kier molecular flexibility index (Phi) is 4.25. The number of carbonyl (C=O) groups is 1. The Morgan fingerprint density at radius 3 is 2.81 bits per heavy atom. The molecular formula is C11H16N2O3. The van der Waals surface area contributed by atoms with Crippen molar-refractivity contribution in [2.75, 3.05) is 20.8 Å².